The standard InChI is InChI=1S/C34H60N4O12/c1-20(2)15-13-11-9-7-6-8-10-12-14-16-27(42)48-19-25-29(43)30(28(34(47)50-25)37-23(5)39)49-22(4)33(46)36-21(3)32(45)38-24(31(35)44)17-18-26(40)41/h20-22,24-25,28-30,34,43,47H,6-19H2,1-5H3,(H2,35,44)(H,36,46)(H,37,39)(H,38,45)(H,40,41)/t21-,22+,24-,25+,28+,29+,30+,34+/m0/s1. The highest BCUT2D eigenvalue weighted by molar-refractivity contribution is 5.92. The maximum atomic E-state index is 12.9. The molecule has 1 rings (SSSR count). The van der Waals surface area contributed by atoms with E-state index in [0.717, 1.165) is 25.2 Å². The molecule has 16 heteroatoms. The lowest BCUT2D eigenvalue weighted by Gasteiger charge is -2.43. The Bertz CT molecular complexity index is 1090. The third kappa shape index (κ3) is 18.1. The average molecular weight is 717 g/mol. The SMILES string of the molecule is CC(=O)N[C@@H]1[C@@H](O[C@H](C)C(=O)N[C@@H](C)C(=O)N[C@@H](CCC(=O)O)C(N)=O)[C@H](O)[C@@H](COC(=O)CCCCCCCCCCCC(C)C)O[C@H]1O. The topological polar surface area (TPSA) is 253 Å². The number of ether oxygens (including phenoxy) is 3. The van der Waals surface area contributed by atoms with Crippen LogP contribution in [0.1, 0.15) is 118 Å². The van der Waals surface area contributed by atoms with Gasteiger partial charge in [-0.3, -0.25) is 28.8 Å². The minimum Gasteiger partial charge on any atom is -0.481 e. The second kappa shape index (κ2) is 24.0. The van der Waals surface area contributed by atoms with Gasteiger partial charge in [0, 0.05) is 19.8 Å². The van der Waals surface area contributed by atoms with Crippen LogP contribution in [0.4, 0.5) is 0 Å². The van der Waals surface area contributed by atoms with E-state index in [1.807, 2.05) is 0 Å². The van der Waals surface area contributed by atoms with Crippen molar-refractivity contribution in [1.29, 1.82) is 0 Å². The maximum absolute atomic E-state index is 12.9. The fraction of sp³-hybridized carbons (Fsp3) is 0.824. The molecule has 0 unspecified atom stereocenters. The van der Waals surface area contributed by atoms with Crippen LogP contribution >= 0.6 is 0 Å². The lowest BCUT2D eigenvalue weighted by atomic mass is 9.96. The van der Waals surface area contributed by atoms with Crippen molar-refractivity contribution in [3.63, 3.8) is 0 Å². The van der Waals surface area contributed by atoms with Crippen molar-refractivity contribution in [2.24, 2.45) is 11.7 Å². The van der Waals surface area contributed by atoms with E-state index in [0.29, 0.717) is 6.42 Å². The van der Waals surface area contributed by atoms with Gasteiger partial charge in [0.05, 0.1) is 0 Å². The zero-order valence-electron chi connectivity index (χ0n) is 30.2. The van der Waals surface area contributed by atoms with Crippen LogP contribution in [-0.2, 0) is 43.0 Å². The first-order valence-corrected chi connectivity index (χ1v) is 17.7. The van der Waals surface area contributed by atoms with E-state index in [4.69, 9.17) is 25.1 Å². The van der Waals surface area contributed by atoms with E-state index >= 15 is 0 Å². The van der Waals surface area contributed by atoms with Crippen LogP contribution in [0.3, 0.4) is 0 Å². The molecule has 0 saturated carbocycles. The van der Waals surface area contributed by atoms with Gasteiger partial charge in [0.15, 0.2) is 6.29 Å². The first kappa shape index (κ1) is 44.7. The Balaban J connectivity index is 2.63. The van der Waals surface area contributed by atoms with Crippen molar-refractivity contribution in [2.75, 3.05) is 6.61 Å². The summed E-state index contributed by atoms with van der Waals surface area (Å²) in [6.45, 7) is 7.86. The largest absolute Gasteiger partial charge is 0.481 e. The van der Waals surface area contributed by atoms with Crippen molar-refractivity contribution in [1.82, 2.24) is 16.0 Å². The number of hydrogen-bond donors (Lipinski definition) is 7. The van der Waals surface area contributed by atoms with Crippen molar-refractivity contribution in [2.45, 2.75) is 167 Å². The molecule has 0 aromatic heterocycles. The smallest absolute Gasteiger partial charge is 0.305 e. The molecule has 0 aromatic rings. The molecule has 288 valence electrons. The van der Waals surface area contributed by atoms with E-state index in [2.05, 4.69) is 29.8 Å². The second-order valence-electron chi connectivity index (χ2n) is 13.4. The number of carbonyl (C=O) groups is 6. The molecule has 0 bridgehead atoms. The molecular weight excluding hydrogens is 656 g/mol. The number of aliphatic hydroxyl groups excluding tert-OH is 2. The van der Waals surface area contributed by atoms with Gasteiger partial charge < -0.3 is 51.2 Å². The molecule has 50 heavy (non-hydrogen) atoms. The first-order chi connectivity index (χ1) is 23.5. The predicted octanol–water partition coefficient (Wildman–Crippen LogP) is 1.17. The van der Waals surface area contributed by atoms with E-state index in [9.17, 15) is 39.0 Å². The highest BCUT2D eigenvalue weighted by atomic mass is 16.6. The number of unbranched alkanes of at least 4 members (excludes halogenated alkanes) is 8. The predicted molar refractivity (Wildman–Crippen MR) is 181 cm³/mol. The maximum Gasteiger partial charge on any atom is 0.305 e. The Hall–Kier alpha value is -3.34. The molecule has 1 aliphatic rings. The molecule has 1 aliphatic heterocycles. The number of primary amides is 1. The summed E-state index contributed by atoms with van der Waals surface area (Å²) in [5.41, 5.74) is 5.24. The molecular formula is C34H60N4O12. The summed E-state index contributed by atoms with van der Waals surface area (Å²) >= 11 is 0. The number of amides is 4. The molecule has 1 fully saturated rings. The van der Waals surface area contributed by atoms with Crippen LogP contribution in [0.15, 0.2) is 0 Å². The number of esters is 1. The second-order valence-corrected chi connectivity index (χ2v) is 13.4. The van der Waals surface area contributed by atoms with Crippen LogP contribution in [0, 0.1) is 5.92 Å². The Kier molecular flexibility index (Phi) is 21.4. The van der Waals surface area contributed by atoms with Gasteiger partial charge in [-0.1, -0.05) is 71.6 Å². The minimum atomic E-state index is -1.69. The van der Waals surface area contributed by atoms with Crippen LogP contribution in [0.5, 0.6) is 0 Å². The molecule has 1 heterocycles. The van der Waals surface area contributed by atoms with Gasteiger partial charge in [0.2, 0.25) is 23.6 Å². The molecule has 0 radical (unpaired) electrons. The number of carboxylic acids is 1. The van der Waals surface area contributed by atoms with Gasteiger partial charge in [-0.15, -0.1) is 0 Å². The number of hydrogen-bond acceptors (Lipinski definition) is 11. The first-order valence-electron chi connectivity index (χ1n) is 17.7. The zero-order valence-corrected chi connectivity index (χ0v) is 30.2. The fourth-order valence-corrected chi connectivity index (χ4v) is 5.47. The molecule has 8 atom stereocenters. The Morgan fingerprint density at radius 2 is 1.38 bits per heavy atom. The third-order valence-electron chi connectivity index (χ3n) is 8.42. The highest BCUT2D eigenvalue weighted by Gasteiger charge is 2.47. The number of rotatable bonds is 25. The molecule has 0 aliphatic carbocycles. The van der Waals surface area contributed by atoms with Crippen LogP contribution in [0.25, 0.3) is 0 Å². The number of aliphatic hydroxyl groups is 2. The van der Waals surface area contributed by atoms with Gasteiger partial charge in [0.25, 0.3) is 0 Å². The van der Waals surface area contributed by atoms with Gasteiger partial charge in [-0.25, -0.2) is 0 Å². The fourth-order valence-electron chi connectivity index (χ4n) is 5.47. The normalized spacial score (nSPS) is 22.2. The quantitative estimate of drug-likeness (QED) is 0.0520. The molecule has 0 aromatic carbocycles. The van der Waals surface area contributed by atoms with Crippen LogP contribution in [0.2, 0.25) is 0 Å². The lowest BCUT2D eigenvalue weighted by molar-refractivity contribution is -0.267. The Morgan fingerprint density at radius 1 is 0.800 bits per heavy atom. The lowest BCUT2D eigenvalue weighted by Crippen LogP contribution is -2.66. The molecule has 1 saturated heterocycles. The van der Waals surface area contributed by atoms with Crippen LogP contribution < -0.4 is 21.7 Å². The minimum absolute atomic E-state index is 0.178. The Labute approximate surface area is 294 Å². The third-order valence-corrected chi connectivity index (χ3v) is 8.42. The molecule has 8 N–H and O–H groups in total. The summed E-state index contributed by atoms with van der Waals surface area (Å²) in [6.07, 6.45) is 3.41. The zero-order chi connectivity index (χ0) is 37.8. The average Bonchev–Trinajstić information content (AvgIpc) is 3.03. The summed E-state index contributed by atoms with van der Waals surface area (Å²) in [5, 5.41) is 37.7. The summed E-state index contributed by atoms with van der Waals surface area (Å²) in [6, 6.07) is -3.80. The Morgan fingerprint density at radius 3 is 1.92 bits per heavy atom. The summed E-state index contributed by atoms with van der Waals surface area (Å²) in [7, 11) is 0. The van der Waals surface area contributed by atoms with E-state index < -0.39 is 97.4 Å². The monoisotopic (exact) mass is 716 g/mol. The number of aliphatic carboxylic acids is 1. The number of carbonyl (C=O) groups excluding carboxylic acids is 5. The van der Waals surface area contributed by atoms with E-state index in [1.54, 1.807) is 0 Å². The van der Waals surface area contributed by atoms with Crippen LogP contribution in [-0.4, -0.2) is 106 Å². The van der Waals surface area contributed by atoms with Gasteiger partial charge in [-0.05, 0) is 32.6 Å². The summed E-state index contributed by atoms with van der Waals surface area (Å²) in [4.78, 5) is 72.2. The number of nitrogens with two attached hydrogens (primary N) is 1. The van der Waals surface area contributed by atoms with Crippen molar-refractivity contribution < 1.29 is 58.3 Å². The van der Waals surface area contributed by atoms with E-state index in [1.165, 1.54) is 59.3 Å². The van der Waals surface area contributed by atoms with Crippen molar-refractivity contribution >= 4 is 35.6 Å². The summed E-state index contributed by atoms with van der Waals surface area (Å²) < 4.78 is 16.5. The number of nitrogens with one attached hydrogen (secondary N) is 3. The van der Waals surface area contributed by atoms with E-state index in [-0.39, 0.29) is 12.8 Å². The molecule has 4 amide bonds. The van der Waals surface area contributed by atoms with Crippen molar-refractivity contribution in [3.05, 3.63) is 0 Å². The number of carboxylic acid groups (broad SMARTS) is 1. The van der Waals surface area contributed by atoms with Crippen molar-refractivity contribution in [3.8, 4) is 0 Å². The molecule has 16 nitrogen and oxygen atoms in total. The highest BCUT2D eigenvalue weighted by Crippen LogP contribution is 2.25. The van der Waals surface area contributed by atoms with Gasteiger partial charge >= 0.3 is 11.9 Å². The summed E-state index contributed by atoms with van der Waals surface area (Å²) in [5.74, 6) is -4.11. The molecule has 0 spiro atoms. The van der Waals surface area contributed by atoms with Gasteiger partial charge in [-0.2, -0.15) is 0 Å². The van der Waals surface area contributed by atoms with Gasteiger partial charge in [0.1, 0.15) is 49.1 Å².